The van der Waals surface area contributed by atoms with Crippen molar-refractivity contribution in [3.8, 4) is 0 Å². The Bertz CT molecular complexity index is 1060. The van der Waals surface area contributed by atoms with Gasteiger partial charge in [0, 0.05) is 5.54 Å². The fourth-order valence-electron chi connectivity index (χ4n) is 3.29. The maximum absolute atomic E-state index is 11.9. The molecule has 9 heteroatoms. The molecule has 0 aliphatic heterocycles. The highest BCUT2D eigenvalue weighted by molar-refractivity contribution is 5.83. The molecule has 0 saturated heterocycles. The van der Waals surface area contributed by atoms with Gasteiger partial charge in [-0.3, -0.25) is 10.0 Å². The first-order valence-corrected chi connectivity index (χ1v) is 10.1. The summed E-state index contributed by atoms with van der Waals surface area (Å²) in [4.78, 5) is 23.8. The van der Waals surface area contributed by atoms with Crippen LogP contribution in [0, 0.1) is 0 Å². The molecule has 4 N–H and O–H groups in total. The van der Waals surface area contributed by atoms with E-state index in [1.807, 2.05) is 57.2 Å². The fraction of sp³-hybridized carbons (Fsp3) is 0.364. The second-order valence-electron chi connectivity index (χ2n) is 8.53. The van der Waals surface area contributed by atoms with E-state index in [1.54, 1.807) is 16.4 Å². The van der Waals surface area contributed by atoms with Gasteiger partial charge in [0.2, 0.25) is 5.91 Å². The number of carbonyl (C=O) groups excluding carboxylic acids is 2. The maximum atomic E-state index is 11.9. The molecule has 1 aromatic heterocycles. The monoisotopic (exact) mass is 424 g/mol. The van der Waals surface area contributed by atoms with Gasteiger partial charge in [0.05, 0.1) is 25.2 Å². The third-order valence-corrected chi connectivity index (χ3v) is 4.68. The van der Waals surface area contributed by atoms with Crippen LogP contribution >= 0.6 is 0 Å². The molecule has 2 aromatic carbocycles. The predicted octanol–water partition coefficient (Wildman–Crippen LogP) is 2.71. The third-order valence-electron chi connectivity index (χ3n) is 4.68. The van der Waals surface area contributed by atoms with Crippen molar-refractivity contribution in [2.75, 3.05) is 0 Å². The second kappa shape index (κ2) is 9.57. The van der Waals surface area contributed by atoms with Crippen LogP contribution in [0.25, 0.3) is 10.8 Å². The zero-order valence-corrected chi connectivity index (χ0v) is 17.9. The van der Waals surface area contributed by atoms with E-state index in [2.05, 4.69) is 27.0 Å². The van der Waals surface area contributed by atoms with Crippen molar-refractivity contribution in [2.45, 2.75) is 51.7 Å². The first-order chi connectivity index (χ1) is 14.7. The number of nitrogens with zero attached hydrogens (tertiary/aromatic N) is 3. The van der Waals surface area contributed by atoms with Gasteiger partial charge in [-0.1, -0.05) is 47.7 Å². The number of amides is 3. The molecule has 0 fully saturated rings. The van der Waals surface area contributed by atoms with Gasteiger partial charge in [-0.15, -0.1) is 5.10 Å². The van der Waals surface area contributed by atoms with E-state index in [0.29, 0.717) is 12.1 Å². The van der Waals surface area contributed by atoms with Crippen molar-refractivity contribution >= 4 is 22.7 Å². The van der Waals surface area contributed by atoms with E-state index in [4.69, 9.17) is 5.21 Å². The van der Waals surface area contributed by atoms with Gasteiger partial charge < -0.3 is 10.6 Å². The summed E-state index contributed by atoms with van der Waals surface area (Å²) in [6.07, 6.45) is 2.26. The van der Waals surface area contributed by atoms with E-state index in [9.17, 15) is 9.59 Å². The van der Waals surface area contributed by atoms with E-state index >= 15 is 0 Å². The largest absolute Gasteiger partial charge is 0.334 e. The van der Waals surface area contributed by atoms with E-state index in [-0.39, 0.29) is 30.6 Å². The first-order valence-electron chi connectivity index (χ1n) is 10.1. The summed E-state index contributed by atoms with van der Waals surface area (Å²) >= 11 is 0. The number of rotatable bonds is 7. The zero-order valence-electron chi connectivity index (χ0n) is 17.9. The summed E-state index contributed by atoms with van der Waals surface area (Å²) in [6.45, 7) is 5.89. The molecule has 1 atom stereocenters. The van der Waals surface area contributed by atoms with Gasteiger partial charge in [-0.25, -0.2) is 15.0 Å². The molecular weight excluding hydrogens is 396 g/mol. The summed E-state index contributed by atoms with van der Waals surface area (Å²) in [5.41, 5.74) is 2.94. The lowest BCUT2D eigenvalue weighted by atomic mass is 10.00. The van der Waals surface area contributed by atoms with Crippen molar-refractivity contribution in [3.05, 3.63) is 59.9 Å². The SMILES string of the molecule is CC(C)(C)NC(=O)NCc1cn([C@@H](CC(=O)NO)Cc2ccc3ccccc3c2)nn1. The highest BCUT2D eigenvalue weighted by atomic mass is 16.5. The van der Waals surface area contributed by atoms with Gasteiger partial charge in [-0.05, 0) is 43.5 Å². The summed E-state index contributed by atoms with van der Waals surface area (Å²) in [7, 11) is 0. The molecule has 0 aliphatic rings. The summed E-state index contributed by atoms with van der Waals surface area (Å²) < 4.78 is 1.60. The van der Waals surface area contributed by atoms with Gasteiger partial charge in [0.25, 0.3) is 0 Å². The number of hydrogen-bond acceptors (Lipinski definition) is 5. The fourth-order valence-corrected chi connectivity index (χ4v) is 3.29. The van der Waals surface area contributed by atoms with Crippen LogP contribution in [-0.2, 0) is 17.8 Å². The number of fused-ring (bicyclic) bond motifs is 1. The van der Waals surface area contributed by atoms with Gasteiger partial charge in [0.1, 0.15) is 5.69 Å². The van der Waals surface area contributed by atoms with Crippen LogP contribution in [0.5, 0.6) is 0 Å². The van der Waals surface area contributed by atoms with E-state index in [1.165, 1.54) is 0 Å². The molecule has 3 aromatic rings. The lowest BCUT2D eigenvalue weighted by Crippen LogP contribution is -2.46. The molecule has 0 saturated carbocycles. The molecule has 0 spiro atoms. The Morgan fingerprint density at radius 2 is 1.87 bits per heavy atom. The van der Waals surface area contributed by atoms with Crippen molar-refractivity contribution in [1.29, 1.82) is 0 Å². The average Bonchev–Trinajstić information content (AvgIpc) is 3.19. The van der Waals surface area contributed by atoms with Crippen LogP contribution in [-0.4, -0.2) is 37.7 Å². The Kier molecular flexibility index (Phi) is 6.86. The Hall–Kier alpha value is -3.46. The zero-order chi connectivity index (χ0) is 22.4. The first kappa shape index (κ1) is 22.2. The number of benzene rings is 2. The summed E-state index contributed by atoms with van der Waals surface area (Å²) in [5.74, 6) is -0.509. The smallest absolute Gasteiger partial charge is 0.315 e. The van der Waals surface area contributed by atoms with Crippen LogP contribution < -0.4 is 16.1 Å². The number of urea groups is 1. The Morgan fingerprint density at radius 3 is 2.58 bits per heavy atom. The molecule has 0 radical (unpaired) electrons. The predicted molar refractivity (Wildman–Crippen MR) is 116 cm³/mol. The summed E-state index contributed by atoms with van der Waals surface area (Å²) in [5, 5.41) is 25.0. The van der Waals surface area contributed by atoms with Crippen LogP contribution in [0.2, 0.25) is 0 Å². The van der Waals surface area contributed by atoms with Gasteiger partial charge >= 0.3 is 6.03 Å². The Morgan fingerprint density at radius 1 is 1.13 bits per heavy atom. The number of nitrogens with one attached hydrogen (secondary N) is 3. The van der Waals surface area contributed by atoms with Crippen LogP contribution in [0.15, 0.2) is 48.7 Å². The maximum Gasteiger partial charge on any atom is 0.315 e. The Labute approximate surface area is 180 Å². The second-order valence-corrected chi connectivity index (χ2v) is 8.53. The molecule has 1 heterocycles. The Balaban J connectivity index is 1.72. The number of hydrogen-bond donors (Lipinski definition) is 4. The molecule has 31 heavy (non-hydrogen) atoms. The van der Waals surface area contributed by atoms with Crippen LogP contribution in [0.3, 0.4) is 0 Å². The van der Waals surface area contributed by atoms with Crippen molar-refractivity contribution in [3.63, 3.8) is 0 Å². The van der Waals surface area contributed by atoms with E-state index < -0.39 is 5.91 Å². The van der Waals surface area contributed by atoms with E-state index in [0.717, 1.165) is 16.3 Å². The molecule has 9 nitrogen and oxygen atoms in total. The number of hydroxylamine groups is 1. The number of aromatic nitrogens is 3. The molecule has 164 valence electrons. The topological polar surface area (TPSA) is 121 Å². The molecule has 0 bridgehead atoms. The lowest BCUT2D eigenvalue weighted by molar-refractivity contribution is -0.130. The molecular formula is C22H28N6O3. The van der Waals surface area contributed by atoms with Gasteiger partial charge in [-0.2, -0.15) is 0 Å². The van der Waals surface area contributed by atoms with Crippen molar-refractivity contribution in [2.24, 2.45) is 0 Å². The highest BCUT2D eigenvalue weighted by Gasteiger charge is 2.19. The number of carbonyl (C=O) groups is 2. The van der Waals surface area contributed by atoms with Crippen LogP contribution in [0.4, 0.5) is 4.79 Å². The lowest BCUT2D eigenvalue weighted by Gasteiger charge is -2.20. The minimum Gasteiger partial charge on any atom is -0.334 e. The van der Waals surface area contributed by atoms with Gasteiger partial charge in [0.15, 0.2) is 0 Å². The highest BCUT2D eigenvalue weighted by Crippen LogP contribution is 2.22. The standard InChI is InChI=1S/C22H28N6O3/c1-22(2,3)24-21(30)23-13-18-14-28(27-25-18)19(12-20(29)26-31)11-15-8-9-16-6-4-5-7-17(16)10-15/h4-10,14,19,31H,11-13H2,1-3H3,(H,26,29)(H2,23,24,30)/t19-/m1/s1. The molecule has 0 aliphatic carbocycles. The molecule has 3 amide bonds. The van der Waals surface area contributed by atoms with Crippen molar-refractivity contribution < 1.29 is 14.8 Å². The van der Waals surface area contributed by atoms with Crippen LogP contribution in [0.1, 0.15) is 44.5 Å². The summed E-state index contributed by atoms with van der Waals surface area (Å²) in [6, 6.07) is 13.5. The third kappa shape index (κ3) is 6.51. The normalized spacial score (nSPS) is 12.4. The molecule has 3 rings (SSSR count). The minimum absolute atomic E-state index is 0.0318. The quantitative estimate of drug-likeness (QED) is 0.343. The average molecular weight is 425 g/mol. The molecule has 0 unspecified atom stereocenters. The van der Waals surface area contributed by atoms with Crippen molar-refractivity contribution in [1.82, 2.24) is 31.1 Å². The minimum atomic E-state index is -0.509.